The third-order valence-corrected chi connectivity index (χ3v) is 6.07. The highest BCUT2D eigenvalue weighted by molar-refractivity contribution is 7.09. The van der Waals surface area contributed by atoms with Crippen molar-refractivity contribution in [2.24, 2.45) is 0 Å². The molecule has 10 heteroatoms. The van der Waals surface area contributed by atoms with E-state index in [0.29, 0.717) is 65.3 Å². The molecule has 1 fully saturated rings. The van der Waals surface area contributed by atoms with Crippen molar-refractivity contribution in [1.82, 2.24) is 19.2 Å². The normalized spacial score (nSPS) is 13.8. The summed E-state index contributed by atoms with van der Waals surface area (Å²) in [6.07, 6.45) is 0.739. The zero-order chi connectivity index (χ0) is 22.8. The van der Waals surface area contributed by atoms with Crippen molar-refractivity contribution in [2.45, 2.75) is 19.8 Å². The quantitative estimate of drug-likeness (QED) is 0.536. The van der Waals surface area contributed by atoms with Crippen LogP contribution in [-0.4, -0.2) is 90.7 Å². The molecule has 0 unspecified atom stereocenters. The smallest absolute Gasteiger partial charge is 0.409 e. The van der Waals surface area contributed by atoms with Gasteiger partial charge in [-0.15, -0.1) is 0 Å². The first-order valence-corrected chi connectivity index (χ1v) is 11.7. The van der Waals surface area contributed by atoms with E-state index in [1.807, 2.05) is 23.1 Å². The van der Waals surface area contributed by atoms with Gasteiger partial charge in [0.15, 0.2) is 0 Å². The number of amides is 2. The number of hydrogen-bond acceptors (Lipinski definition) is 8. The second kappa shape index (κ2) is 12.4. The van der Waals surface area contributed by atoms with Crippen LogP contribution in [0.2, 0.25) is 0 Å². The van der Waals surface area contributed by atoms with Gasteiger partial charge in [-0.2, -0.15) is 4.37 Å². The highest BCUT2D eigenvalue weighted by Gasteiger charge is 2.25. The van der Waals surface area contributed by atoms with Crippen LogP contribution in [0.5, 0.6) is 0 Å². The summed E-state index contributed by atoms with van der Waals surface area (Å²) in [7, 11) is 1.66. The Morgan fingerprint density at radius 2 is 1.81 bits per heavy atom. The summed E-state index contributed by atoms with van der Waals surface area (Å²) >= 11 is 1.35. The number of ether oxygens (including phenoxy) is 2. The standard InChI is InChI=1S/C22H31N5O4S/c1-3-31-22(29)27-13-11-25(12-14-27)20(28)9-10-26(15-16-30-2)21-23-19(24-32-21)17-18-7-5-4-6-8-18/h4-8H,3,9-17H2,1-2H3. The minimum Gasteiger partial charge on any atom is -0.450 e. The number of nitrogens with zero attached hydrogens (tertiary/aromatic N) is 5. The summed E-state index contributed by atoms with van der Waals surface area (Å²) in [6.45, 7) is 5.91. The first-order chi connectivity index (χ1) is 15.6. The number of carbonyl (C=O) groups excluding carboxylic acids is 2. The average molecular weight is 462 g/mol. The van der Waals surface area contributed by atoms with Crippen molar-refractivity contribution >= 4 is 28.7 Å². The highest BCUT2D eigenvalue weighted by Crippen LogP contribution is 2.19. The SMILES string of the molecule is CCOC(=O)N1CCN(C(=O)CCN(CCOC)c2nc(Cc3ccccc3)ns2)CC1. The van der Waals surface area contributed by atoms with Gasteiger partial charge >= 0.3 is 6.09 Å². The zero-order valence-electron chi connectivity index (χ0n) is 18.7. The average Bonchev–Trinajstić information content (AvgIpc) is 3.28. The Hall–Kier alpha value is -2.72. The van der Waals surface area contributed by atoms with Gasteiger partial charge in [-0.1, -0.05) is 30.3 Å². The maximum atomic E-state index is 12.8. The van der Waals surface area contributed by atoms with E-state index in [4.69, 9.17) is 14.5 Å². The van der Waals surface area contributed by atoms with Crippen LogP contribution in [0.15, 0.2) is 30.3 Å². The first kappa shape index (κ1) is 23.9. The Kier molecular flexibility index (Phi) is 9.24. The fourth-order valence-electron chi connectivity index (χ4n) is 3.47. The van der Waals surface area contributed by atoms with Gasteiger partial charge in [0.1, 0.15) is 5.82 Å². The molecule has 3 rings (SSSR count). The van der Waals surface area contributed by atoms with Gasteiger partial charge in [0, 0.05) is 70.8 Å². The third kappa shape index (κ3) is 6.89. The molecule has 0 radical (unpaired) electrons. The molecule has 1 aliphatic heterocycles. The fourth-order valence-corrected chi connectivity index (χ4v) is 4.21. The van der Waals surface area contributed by atoms with Crippen LogP contribution in [0, 0.1) is 0 Å². The van der Waals surface area contributed by atoms with Crippen molar-refractivity contribution in [1.29, 1.82) is 0 Å². The number of carbonyl (C=O) groups is 2. The van der Waals surface area contributed by atoms with Crippen LogP contribution >= 0.6 is 11.5 Å². The summed E-state index contributed by atoms with van der Waals surface area (Å²) in [6, 6.07) is 10.1. The molecular weight excluding hydrogens is 430 g/mol. The molecule has 2 heterocycles. The molecular formula is C22H31N5O4S. The monoisotopic (exact) mass is 461 g/mol. The predicted octanol–water partition coefficient (Wildman–Crippen LogP) is 2.27. The molecule has 32 heavy (non-hydrogen) atoms. The number of aromatic nitrogens is 2. The van der Waals surface area contributed by atoms with Crippen molar-refractivity contribution in [3.05, 3.63) is 41.7 Å². The van der Waals surface area contributed by atoms with Crippen LogP contribution < -0.4 is 4.90 Å². The van der Waals surface area contributed by atoms with E-state index in [2.05, 4.69) is 21.4 Å². The molecule has 1 aromatic heterocycles. The molecule has 1 aliphatic rings. The number of piperazine rings is 1. The van der Waals surface area contributed by atoms with Crippen molar-refractivity contribution < 1.29 is 19.1 Å². The van der Waals surface area contributed by atoms with E-state index >= 15 is 0 Å². The maximum absolute atomic E-state index is 12.8. The van der Waals surface area contributed by atoms with Crippen LogP contribution in [0.1, 0.15) is 24.7 Å². The predicted molar refractivity (Wildman–Crippen MR) is 123 cm³/mol. The molecule has 0 N–H and O–H groups in total. The molecule has 0 aliphatic carbocycles. The van der Waals surface area contributed by atoms with Crippen LogP contribution in [0.4, 0.5) is 9.93 Å². The van der Waals surface area contributed by atoms with Gasteiger partial charge in [-0.25, -0.2) is 9.78 Å². The van der Waals surface area contributed by atoms with Crippen molar-refractivity contribution in [2.75, 3.05) is 64.5 Å². The number of benzene rings is 1. The van der Waals surface area contributed by atoms with Gasteiger partial charge in [-0.05, 0) is 12.5 Å². The molecule has 0 bridgehead atoms. The summed E-state index contributed by atoms with van der Waals surface area (Å²) in [4.78, 5) is 34.8. The Balaban J connectivity index is 1.52. The molecule has 1 aromatic carbocycles. The largest absolute Gasteiger partial charge is 0.450 e. The molecule has 0 saturated carbocycles. The number of rotatable bonds is 10. The second-order valence-corrected chi connectivity index (χ2v) is 8.18. The lowest BCUT2D eigenvalue weighted by atomic mass is 10.1. The molecule has 174 valence electrons. The Bertz CT molecular complexity index is 855. The lowest BCUT2D eigenvalue weighted by molar-refractivity contribution is -0.132. The maximum Gasteiger partial charge on any atom is 0.409 e. The number of methoxy groups -OCH3 is 1. The first-order valence-electron chi connectivity index (χ1n) is 10.9. The van der Waals surface area contributed by atoms with Gasteiger partial charge in [0.25, 0.3) is 0 Å². The van der Waals surface area contributed by atoms with Gasteiger partial charge < -0.3 is 24.2 Å². The highest BCUT2D eigenvalue weighted by atomic mass is 32.1. The Morgan fingerprint density at radius 3 is 2.50 bits per heavy atom. The van der Waals surface area contributed by atoms with Crippen molar-refractivity contribution in [3.63, 3.8) is 0 Å². The summed E-state index contributed by atoms with van der Waals surface area (Å²) < 4.78 is 14.8. The molecule has 2 aromatic rings. The van der Waals surface area contributed by atoms with Crippen LogP contribution in [-0.2, 0) is 20.7 Å². The van der Waals surface area contributed by atoms with Crippen LogP contribution in [0.25, 0.3) is 0 Å². The third-order valence-electron chi connectivity index (χ3n) is 5.25. The van der Waals surface area contributed by atoms with Crippen molar-refractivity contribution in [3.8, 4) is 0 Å². The summed E-state index contributed by atoms with van der Waals surface area (Å²) in [5.41, 5.74) is 1.16. The van der Waals surface area contributed by atoms with Gasteiger partial charge in [0.2, 0.25) is 11.0 Å². The topological polar surface area (TPSA) is 88.1 Å². The molecule has 1 saturated heterocycles. The number of hydrogen-bond donors (Lipinski definition) is 0. The summed E-state index contributed by atoms with van der Waals surface area (Å²) in [5, 5.41) is 0.799. The lowest BCUT2D eigenvalue weighted by Crippen LogP contribution is -2.51. The van der Waals surface area contributed by atoms with E-state index in [0.717, 1.165) is 16.5 Å². The summed E-state index contributed by atoms with van der Waals surface area (Å²) in [5.74, 6) is 0.852. The molecule has 2 amide bonds. The van der Waals surface area contributed by atoms with Gasteiger partial charge in [0.05, 0.1) is 13.2 Å². The van der Waals surface area contributed by atoms with E-state index in [1.165, 1.54) is 11.5 Å². The van der Waals surface area contributed by atoms with E-state index in [-0.39, 0.29) is 12.0 Å². The Labute approximate surface area is 193 Å². The lowest BCUT2D eigenvalue weighted by Gasteiger charge is -2.34. The minimum absolute atomic E-state index is 0.0740. The fraction of sp³-hybridized carbons (Fsp3) is 0.545. The van der Waals surface area contributed by atoms with Gasteiger partial charge in [-0.3, -0.25) is 4.79 Å². The van der Waals surface area contributed by atoms with E-state index in [9.17, 15) is 9.59 Å². The molecule has 0 atom stereocenters. The molecule has 9 nitrogen and oxygen atoms in total. The Morgan fingerprint density at radius 1 is 1.09 bits per heavy atom. The second-order valence-electron chi connectivity index (χ2n) is 7.45. The van der Waals surface area contributed by atoms with E-state index < -0.39 is 0 Å². The zero-order valence-corrected chi connectivity index (χ0v) is 19.6. The van der Waals surface area contributed by atoms with Crippen LogP contribution in [0.3, 0.4) is 0 Å². The number of anilines is 1. The molecule has 0 spiro atoms. The minimum atomic E-state index is -0.312. The van der Waals surface area contributed by atoms with E-state index in [1.54, 1.807) is 18.9 Å².